The van der Waals surface area contributed by atoms with Crippen LogP contribution in [0.1, 0.15) is 123 Å². The van der Waals surface area contributed by atoms with E-state index in [0.717, 1.165) is 25.7 Å². The predicted molar refractivity (Wildman–Crippen MR) is 125 cm³/mol. The molecule has 4 nitrogen and oxygen atoms in total. The van der Waals surface area contributed by atoms with Crippen molar-refractivity contribution < 1.29 is 19.7 Å². The predicted octanol–water partition coefficient (Wildman–Crippen LogP) is 7.72. The molecule has 2 unspecified atom stereocenters. The van der Waals surface area contributed by atoms with Gasteiger partial charge in [0, 0.05) is 0 Å². The molecule has 0 saturated carbocycles. The molecule has 0 amide bonds. The topological polar surface area (TPSA) is 58.9 Å². The Bertz CT molecular complexity index is 460. The van der Waals surface area contributed by atoms with E-state index in [0.29, 0.717) is 0 Å². The minimum absolute atomic E-state index is 0.0563. The van der Waals surface area contributed by atoms with Gasteiger partial charge in [-0.3, -0.25) is 0 Å². The summed E-state index contributed by atoms with van der Waals surface area (Å²) < 4.78 is 11.4. The molecule has 0 aliphatic heterocycles. The second-order valence-corrected chi connectivity index (χ2v) is 8.91. The average Bonchev–Trinajstić information content (AvgIpc) is 2.72. The molecule has 0 bridgehead atoms. The molecule has 0 heterocycles. The van der Waals surface area contributed by atoms with Crippen LogP contribution in [0, 0.1) is 0 Å². The van der Waals surface area contributed by atoms with Gasteiger partial charge in [-0.1, -0.05) is 110 Å². The molecular weight excluding hydrogens is 376 g/mol. The Balaban J connectivity index is 2.06. The fourth-order valence-corrected chi connectivity index (χ4v) is 3.97. The van der Waals surface area contributed by atoms with E-state index in [2.05, 4.69) is 13.8 Å². The molecule has 1 aliphatic carbocycles. The van der Waals surface area contributed by atoms with Crippen LogP contribution in [-0.4, -0.2) is 28.9 Å². The lowest BCUT2D eigenvalue weighted by atomic mass is 10.0. The molecule has 1 rings (SSSR count). The van der Waals surface area contributed by atoms with Crippen LogP contribution < -0.4 is 0 Å². The highest BCUT2D eigenvalue weighted by atomic mass is 16.7. The van der Waals surface area contributed by atoms with Crippen molar-refractivity contribution in [1.82, 2.24) is 0 Å². The van der Waals surface area contributed by atoms with E-state index < -0.39 is 5.79 Å². The number of hydrogen-bond donors (Lipinski definition) is 2. The summed E-state index contributed by atoms with van der Waals surface area (Å²) in [6.45, 7) is 4.53. The van der Waals surface area contributed by atoms with Gasteiger partial charge in [-0.05, 0) is 25.0 Å². The van der Waals surface area contributed by atoms with Crippen molar-refractivity contribution in [3.05, 3.63) is 24.0 Å². The highest BCUT2D eigenvalue weighted by Gasteiger charge is 2.28. The van der Waals surface area contributed by atoms with E-state index in [4.69, 9.17) is 9.47 Å². The third-order valence-corrected chi connectivity index (χ3v) is 5.95. The van der Waals surface area contributed by atoms with Gasteiger partial charge in [0.05, 0.1) is 18.3 Å². The number of hydrogen-bond acceptors (Lipinski definition) is 4. The average molecular weight is 425 g/mol. The summed E-state index contributed by atoms with van der Waals surface area (Å²) in [7, 11) is 0. The van der Waals surface area contributed by atoms with Gasteiger partial charge in [0.15, 0.2) is 12.6 Å². The lowest BCUT2D eigenvalue weighted by Crippen LogP contribution is -2.33. The van der Waals surface area contributed by atoms with Crippen LogP contribution in [0.5, 0.6) is 0 Å². The Hall–Kier alpha value is -0.840. The van der Waals surface area contributed by atoms with Gasteiger partial charge >= 0.3 is 0 Å². The second-order valence-electron chi connectivity index (χ2n) is 8.91. The summed E-state index contributed by atoms with van der Waals surface area (Å²) >= 11 is 0. The van der Waals surface area contributed by atoms with E-state index in [1.807, 2.05) is 0 Å². The summed E-state index contributed by atoms with van der Waals surface area (Å²) in [4.78, 5) is 0. The molecule has 2 atom stereocenters. The van der Waals surface area contributed by atoms with Crippen LogP contribution >= 0.6 is 0 Å². The number of allylic oxidation sites excluding steroid dienone is 2. The Kier molecular flexibility index (Phi) is 16.1. The Labute approximate surface area is 185 Å². The lowest BCUT2D eigenvalue weighted by molar-refractivity contribution is -0.232. The van der Waals surface area contributed by atoms with Crippen LogP contribution in [0.3, 0.4) is 0 Å². The first kappa shape index (κ1) is 27.2. The molecule has 0 aromatic carbocycles. The van der Waals surface area contributed by atoms with Gasteiger partial charge in [0.2, 0.25) is 0 Å². The van der Waals surface area contributed by atoms with Crippen LogP contribution in [-0.2, 0) is 9.47 Å². The van der Waals surface area contributed by atoms with Crippen LogP contribution in [0.25, 0.3) is 0 Å². The summed E-state index contributed by atoms with van der Waals surface area (Å²) in [6, 6.07) is 0. The largest absolute Gasteiger partial charge is 0.512 e. The number of aliphatic hydroxyl groups is 2. The maximum atomic E-state index is 10.3. The second kappa shape index (κ2) is 17.8. The van der Waals surface area contributed by atoms with Crippen molar-refractivity contribution in [3.8, 4) is 0 Å². The van der Waals surface area contributed by atoms with Gasteiger partial charge < -0.3 is 19.7 Å². The first-order chi connectivity index (χ1) is 14.6. The van der Waals surface area contributed by atoms with Gasteiger partial charge in [-0.25, -0.2) is 0 Å². The van der Waals surface area contributed by atoms with E-state index >= 15 is 0 Å². The van der Waals surface area contributed by atoms with Gasteiger partial charge in [-0.2, -0.15) is 0 Å². The van der Waals surface area contributed by atoms with Crippen molar-refractivity contribution in [1.29, 1.82) is 0 Å². The third kappa shape index (κ3) is 14.2. The first-order valence-electron chi connectivity index (χ1n) is 12.6. The fraction of sp³-hybridized carbons (Fsp3) is 0.846. The Morgan fingerprint density at radius 3 is 1.93 bits per heavy atom. The summed E-state index contributed by atoms with van der Waals surface area (Å²) in [5, 5.41) is 19.9. The Morgan fingerprint density at radius 1 is 0.833 bits per heavy atom. The summed E-state index contributed by atoms with van der Waals surface area (Å²) in [5.74, 6) is -1.33. The maximum Gasteiger partial charge on any atom is 0.195 e. The number of rotatable bonds is 20. The first-order valence-corrected chi connectivity index (χ1v) is 12.6. The minimum Gasteiger partial charge on any atom is -0.512 e. The maximum absolute atomic E-state index is 10.3. The smallest absolute Gasteiger partial charge is 0.195 e. The standard InChI is InChI=1S/C26H48O4/c1-3-5-7-8-9-10-11-12-13-14-15-16-20-25(19-6-4-2)29-23-30-26(28)21-17-18-24(27)22-26/h17-18,21,25,27-28H,3-16,19-20,22-23H2,1-2H3. The monoisotopic (exact) mass is 424 g/mol. The fourth-order valence-electron chi connectivity index (χ4n) is 3.97. The number of unbranched alkanes of at least 4 members (excludes halogenated alkanes) is 12. The summed E-state index contributed by atoms with van der Waals surface area (Å²) in [6.07, 6.45) is 25.7. The SMILES string of the molecule is CCCCCCCCCCCCCCC(CCCC)OCOC1(O)C=CC=C(O)C1. The molecule has 176 valence electrons. The van der Waals surface area contributed by atoms with Crippen molar-refractivity contribution in [2.45, 2.75) is 135 Å². The molecule has 30 heavy (non-hydrogen) atoms. The van der Waals surface area contributed by atoms with Crippen molar-refractivity contribution in [2.75, 3.05) is 6.79 Å². The third-order valence-electron chi connectivity index (χ3n) is 5.95. The van der Waals surface area contributed by atoms with Crippen LogP contribution in [0.4, 0.5) is 0 Å². The van der Waals surface area contributed by atoms with Crippen molar-refractivity contribution in [3.63, 3.8) is 0 Å². The van der Waals surface area contributed by atoms with Gasteiger partial charge in [0.25, 0.3) is 0 Å². The van der Waals surface area contributed by atoms with E-state index in [1.165, 1.54) is 77.0 Å². The molecule has 4 heteroatoms. The molecular formula is C26H48O4. The highest BCUT2D eigenvalue weighted by molar-refractivity contribution is 5.18. The van der Waals surface area contributed by atoms with Crippen molar-refractivity contribution in [2.24, 2.45) is 0 Å². The highest BCUT2D eigenvalue weighted by Crippen LogP contribution is 2.23. The number of aliphatic hydroxyl groups excluding tert-OH is 1. The van der Waals surface area contributed by atoms with E-state index in [9.17, 15) is 10.2 Å². The van der Waals surface area contributed by atoms with Crippen molar-refractivity contribution >= 4 is 0 Å². The summed E-state index contributed by atoms with van der Waals surface area (Å²) in [5.41, 5.74) is 0. The molecule has 1 aliphatic rings. The molecule has 0 saturated heterocycles. The molecule has 2 N–H and O–H groups in total. The van der Waals surface area contributed by atoms with Crippen LogP contribution in [0.15, 0.2) is 24.0 Å². The van der Waals surface area contributed by atoms with E-state index in [-0.39, 0.29) is 25.1 Å². The molecule has 0 aromatic heterocycles. The molecule has 0 radical (unpaired) electrons. The zero-order valence-corrected chi connectivity index (χ0v) is 19.7. The normalized spacial score (nSPS) is 19.8. The van der Waals surface area contributed by atoms with Crippen LogP contribution in [0.2, 0.25) is 0 Å². The molecule has 0 spiro atoms. The quantitative estimate of drug-likeness (QED) is 0.155. The lowest BCUT2D eigenvalue weighted by Gasteiger charge is -2.27. The Morgan fingerprint density at radius 2 is 1.37 bits per heavy atom. The zero-order valence-electron chi connectivity index (χ0n) is 19.7. The molecule has 0 fully saturated rings. The van der Waals surface area contributed by atoms with E-state index in [1.54, 1.807) is 18.2 Å². The number of ether oxygens (including phenoxy) is 2. The molecule has 0 aromatic rings. The minimum atomic E-state index is -1.45. The zero-order chi connectivity index (χ0) is 21.9. The van der Waals surface area contributed by atoms with Gasteiger partial charge in [-0.15, -0.1) is 0 Å². The van der Waals surface area contributed by atoms with Gasteiger partial charge in [0.1, 0.15) is 0 Å².